The number of rotatable bonds is 9. The lowest BCUT2D eigenvalue weighted by atomic mass is 9.71. The number of carboxylic acid groups (broad SMARTS) is 1. The summed E-state index contributed by atoms with van der Waals surface area (Å²) < 4.78 is 10.4. The molecule has 4 atom stereocenters. The number of nitro groups is 1. The maximum Gasteiger partial charge on any atom is 0.330 e. The van der Waals surface area contributed by atoms with Crippen molar-refractivity contribution in [1.82, 2.24) is 4.90 Å². The summed E-state index contributed by atoms with van der Waals surface area (Å²) in [5, 5.41) is 22.0. The van der Waals surface area contributed by atoms with Crippen LogP contribution >= 0.6 is 0 Å². The van der Waals surface area contributed by atoms with Gasteiger partial charge in [0.15, 0.2) is 5.78 Å². The second-order valence-electron chi connectivity index (χ2n) is 9.45. The Morgan fingerprint density at radius 1 is 0.949 bits per heavy atom. The van der Waals surface area contributed by atoms with Gasteiger partial charge in [-0.05, 0) is 30.2 Å². The Labute approximate surface area is 224 Å². The van der Waals surface area contributed by atoms with Crippen LogP contribution in [0.15, 0.2) is 78.9 Å². The van der Waals surface area contributed by atoms with Crippen LogP contribution in [0, 0.1) is 16.0 Å². The second-order valence-corrected chi connectivity index (χ2v) is 9.45. The molecule has 1 N–H and O–H groups in total. The molecule has 4 rings (SSSR count). The summed E-state index contributed by atoms with van der Waals surface area (Å²) in [4.78, 5) is 52.9. The number of amides is 1. The molecule has 1 aliphatic rings. The van der Waals surface area contributed by atoms with E-state index in [0.29, 0.717) is 22.4 Å². The van der Waals surface area contributed by atoms with Crippen LogP contribution in [0.3, 0.4) is 0 Å². The van der Waals surface area contributed by atoms with Crippen LogP contribution in [-0.4, -0.2) is 59.0 Å². The molecule has 202 valence electrons. The van der Waals surface area contributed by atoms with Gasteiger partial charge in [0.1, 0.15) is 17.9 Å². The van der Waals surface area contributed by atoms with E-state index >= 15 is 0 Å². The Bertz CT molecular complexity index is 1370. The number of non-ortho nitro benzene ring substituents is 1. The molecule has 1 heterocycles. The highest BCUT2D eigenvalue weighted by Crippen LogP contribution is 2.56. The summed E-state index contributed by atoms with van der Waals surface area (Å²) in [5.74, 6) is -3.86. The van der Waals surface area contributed by atoms with Crippen molar-refractivity contribution >= 4 is 23.3 Å². The summed E-state index contributed by atoms with van der Waals surface area (Å²) in [7, 11) is 2.84. The van der Waals surface area contributed by atoms with Gasteiger partial charge in [0.05, 0.1) is 24.0 Å². The number of carbonyl (C=O) groups is 3. The molecule has 39 heavy (non-hydrogen) atoms. The first-order chi connectivity index (χ1) is 18.6. The maximum absolute atomic E-state index is 14.3. The molecule has 10 heteroatoms. The number of carbonyl (C=O) groups excluding carboxylic acids is 2. The molecule has 0 saturated carbocycles. The first kappa shape index (κ1) is 27.5. The Kier molecular flexibility index (Phi) is 7.78. The fraction of sp³-hybridized carbons (Fsp3) is 0.276. The summed E-state index contributed by atoms with van der Waals surface area (Å²) >= 11 is 0. The van der Waals surface area contributed by atoms with Crippen LogP contribution in [0.1, 0.15) is 40.4 Å². The van der Waals surface area contributed by atoms with Gasteiger partial charge in [-0.15, -0.1) is 0 Å². The van der Waals surface area contributed by atoms with Crippen LogP contribution in [0.25, 0.3) is 0 Å². The third-order valence-corrected chi connectivity index (χ3v) is 7.33. The van der Waals surface area contributed by atoms with Crippen LogP contribution < -0.4 is 4.74 Å². The molecular formula is C29H28N2O8. The molecule has 0 spiro atoms. The van der Waals surface area contributed by atoms with Crippen LogP contribution in [-0.2, 0) is 14.3 Å². The Morgan fingerprint density at radius 3 is 2.05 bits per heavy atom. The van der Waals surface area contributed by atoms with Gasteiger partial charge in [-0.3, -0.25) is 19.7 Å². The van der Waals surface area contributed by atoms with Gasteiger partial charge in [-0.1, -0.05) is 54.6 Å². The summed E-state index contributed by atoms with van der Waals surface area (Å²) in [6, 6.07) is 19.6. The predicted molar refractivity (Wildman–Crippen MR) is 141 cm³/mol. The Hall–Kier alpha value is -4.57. The largest absolute Gasteiger partial charge is 0.497 e. The standard InChI is InChI=1S/C29H28N2O8/c1-29(28(34)35)25(18-9-13-21(14-10-18)31(36)37)24(27(33)20-7-5-4-6-8-20)26(30(29)23(32)17-38-2)19-11-15-22(39-3)16-12-19/h4-16,24-26H,17H2,1-3H3,(H,34,35). The molecular weight excluding hydrogens is 504 g/mol. The molecule has 1 amide bonds. The Morgan fingerprint density at radius 2 is 1.54 bits per heavy atom. The smallest absolute Gasteiger partial charge is 0.330 e. The number of nitro benzene ring substituents is 1. The molecule has 1 aliphatic heterocycles. The monoisotopic (exact) mass is 532 g/mol. The number of nitrogens with zero attached hydrogens (tertiary/aromatic N) is 2. The van der Waals surface area contributed by atoms with Crippen LogP contribution in [0.2, 0.25) is 0 Å². The van der Waals surface area contributed by atoms with Gasteiger partial charge in [0.25, 0.3) is 5.69 Å². The van der Waals surface area contributed by atoms with Crippen molar-refractivity contribution in [2.45, 2.75) is 24.4 Å². The Balaban J connectivity index is 2.02. The maximum atomic E-state index is 14.3. The molecule has 1 saturated heterocycles. The number of carboxylic acids is 1. The fourth-order valence-corrected chi connectivity index (χ4v) is 5.56. The zero-order valence-electron chi connectivity index (χ0n) is 21.6. The van der Waals surface area contributed by atoms with E-state index in [1.807, 2.05) is 0 Å². The molecule has 10 nitrogen and oxygen atoms in total. The topological polar surface area (TPSA) is 136 Å². The van der Waals surface area contributed by atoms with Crippen molar-refractivity contribution in [1.29, 1.82) is 0 Å². The molecule has 0 radical (unpaired) electrons. The highest BCUT2D eigenvalue weighted by molar-refractivity contribution is 6.02. The second kappa shape index (κ2) is 11.0. The van der Waals surface area contributed by atoms with Gasteiger partial charge >= 0.3 is 5.97 Å². The van der Waals surface area contributed by atoms with Crippen molar-refractivity contribution in [3.05, 3.63) is 106 Å². The molecule has 1 fully saturated rings. The van der Waals surface area contributed by atoms with Crippen molar-refractivity contribution in [3.8, 4) is 5.75 Å². The lowest BCUT2D eigenvalue weighted by Crippen LogP contribution is -2.55. The zero-order valence-corrected chi connectivity index (χ0v) is 21.6. The lowest BCUT2D eigenvalue weighted by Gasteiger charge is -2.37. The molecule has 0 aromatic heterocycles. The number of ether oxygens (including phenoxy) is 2. The quantitative estimate of drug-likeness (QED) is 0.245. The number of hydrogen-bond acceptors (Lipinski definition) is 7. The zero-order chi connectivity index (χ0) is 28.3. The molecule has 3 aromatic rings. The first-order valence-corrected chi connectivity index (χ1v) is 12.2. The molecule has 0 aliphatic carbocycles. The third-order valence-electron chi connectivity index (χ3n) is 7.33. The summed E-state index contributed by atoms with van der Waals surface area (Å²) in [6.07, 6.45) is 0. The van der Waals surface area contributed by atoms with Gasteiger partial charge in [0.2, 0.25) is 5.91 Å². The summed E-state index contributed by atoms with van der Waals surface area (Å²) in [5.41, 5.74) is -0.830. The minimum Gasteiger partial charge on any atom is -0.497 e. The minimum absolute atomic E-state index is 0.182. The first-order valence-electron chi connectivity index (χ1n) is 12.2. The highest BCUT2D eigenvalue weighted by atomic mass is 16.6. The van der Waals surface area contributed by atoms with E-state index in [-0.39, 0.29) is 11.5 Å². The van der Waals surface area contributed by atoms with E-state index in [9.17, 15) is 29.6 Å². The van der Waals surface area contributed by atoms with E-state index in [4.69, 9.17) is 9.47 Å². The average Bonchev–Trinajstić information content (AvgIpc) is 3.23. The average molecular weight is 533 g/mol. The van der Waals surface area contributed by atoms with Gasteiger partial charge in [0, 0.05) is 30.7 Å². The number of likely N-dealkylation sites (tertiary alicyclic amines) is 1. The van der Waals surface area contributed by atoms with E-state index in [1.165, 1.54) is 50.3 Å². The number of hydrogen-bond donors (Lipinski definition) is 1. The summed E-state index contributed by atoms with van der Waals surface area (Å²) in [6.45, 7) is 0.999. The number of Topliss-reactive ketones (excluding diaryl/α,β-unsaturated/α-hetero) is 1. The number of benzene rings is 3. The minimum atomic E-state index is -1.91. The van der Waals surface area contributed by atoms with Crippen molar-refractivity contribution in [3.63, 3.8) is 0 Å². The van der Waals surface area contributed by atoms with Gasteiger partial charge in [-0.2, -0.15) is 0 Å². The SMILES string of the molecule is COCC(=O)N1C(c2ccc(OC)cc2)C(C(=O)c2ccccc2)C(c2ccc([N+](=O)[O-])cc2)C1(C)C(=O)O. The molecule has 4 unspecified atom stereocenters. The molecule has 3 aromatic carbocycles. The van der Waals surface area contributed by atoms with E-state index < -0.39 is 46.8 Å². The third kappa shape index (κ3) is 4.86. The predicted octanol–water partition coefficient (Wildman–Crippen LogP) is 4.26. The van der Waals surface area contributed by atoms with E-state index in [1.54, 1.807) is 54.6 Å². The van der Waals surface area contributed by atoms with Crippen molar-refractivity contribution in [2.24, 2.45) is 5.92 Å². The highest BCUT2D eigenvalue weighted by Gasteiger charge is 2.64. The van der Waals surface area contributed by atoms with Crippen LogP contribution in [0.5, 0.6) is 5.75 Å². The molecule has 0 bridgehead atoms. The van der Waals surface area contributed by atoms with Gasteiger partial charge in [-0.25, -0.2) is 4.79 Å². The number of ketones is 1. The van der Waals surface area contributed by atoms with Crippen molar-refractivity contribution in [2.75, 3.05) is 20.8 Å². The van der Waals surface area contributed by atoms with Crippen LogP contribution in [0.4, 0.5) is 5.69 Å². The van der Waals surface area contributed by atoms with E-state index in [0.717, 1.165) is 0 Å². The fourth-order valence-electron chi connectivity index (χ4n) is 5.56. The van der Waals surface area contributed by atoms with E-state index in [2.05, 4.69) is 0 Å². The number of methoxy groups -OCH3 is 2. The van der Waals surface area contributed by atoms with Crippen molar-refractivity contribution < 1.29 is 33.9 Å². The van der Waals surface area contributed by atoms with Gasteiger partial charge < -0.3 is 19.5 Å². The number of aliphatic carboxylic acids is 1. The lowest BCUT2D eigenvalue weighted by molar-refractivity contribution is -0.384. The normalized spacial score (nSPS) is 22.3.